The molecule has 3 heteroatoms. The summed E-state index contributed by atoms with van der Waals surface area (Å²) in [7, 11) is 0. The third-order valence-electron chi connectivity index (χ3n) is 2.09. The molecule has 0 aliphatic heterocycles. The van der Waals surface area contributed by atoms with Crippen molar-refractivity contribution in [2.45, 2.75) is 0 Å². The summed E-state index contributed by atoms with van der Waals surface area (Å²) in [5.41, 5.74) is 2.45. The van der Waals surface area contributed by atoms with Crippen LogP contribution < -0.4 is 0 Å². The smallest absolute Gasteiger partial charge is 0.0415 e. The van der Waals surface area contributed by atoms with Gasteiger partial charge in [0.25, 0.3) is 0 Å². The van der Waals surface area contributed by atoms with Crippen molar-refractivity contribution >= 4 is 54.5 Å². The van der Waals surface area contributed by atoms with Gasteiger partial charge in [0, 0.05) is 12.5 Å². The fraction of sp³-hybridized carbons (Fsp3) is 0. The molecule has 0 aromatic heterocycles. The summed E-state index contributed by atoms with van der Waals surface area (Å²) in [5, 5.41) is 0. The van der Waals surface area contributed by atoms with Crippen LogP contribution in [-0.2, 0) is 0 Å². The average molecular weight is 438 g/mol. The van der Waals surface area contributed by atoms with Gasteiger partial charge in [0.1, 0.15) is 0 Å². The van der Waals surface area contributed by atoms with Gasteiger partial charge < -0.3 is 0 Å². The Balaban J connectivity index is 2.56. The monoisotopic (exact) mass is 436 g/mol. The van der Waals surface area contributed by atoms with Gasteiger partial charge in [-0.3, -0.25) is 0 Å². The molecule has 0 spiro atoms. The van der Waals surface area contributed by atoms with E-state index in [4.69, 9.17) is 0 Å². The van der Waals surface area contributed by atoms with Crippen molar-refractivity contribution in [1.29, 1.82) is 0 Å². The van der Waals surface area contributed by atoms with E-state index in [0.29, 0.717) is 0 Å². The molecule has 0 unspecified atom stereocenters. The molecule has 0 aliphatic rings. The Bertz CT molecular complexity index is 457. The molecule has 0 heterocycles. The number of hydrogen-bond acceptors (Lipinski definition) is 0. The summed E-state index contributed by atoms with van der Waals surface area (Å²) in [5.74, 6) is 0. The first kappa shape index (κ1) is 11.6. The maximum Gasteiger partial charge on any atom is 0.0415 e. The highest BCUT2D eigenvalue weighted by Gasteiger charge is 2.05. The molecule has 0 amide bonds. The maximum absolute atomic E-state index is 3.56. The van der Waals surface area contributed by atoms with Crippen LogP contribution in [0.1, 0.15) is 0 Å². The second kappa shape index (κ2) is 4.97. The van der Waals surface area contributed by atoms with Crippen molar-refractivity contribution in [3.63, 3.8) is 0 Å². The summed E-state index contributed by atoms with van der Waals surface area (Å²) in [4.78, 5) is 0. The van der Waals surface area contributed by atoms with E-state index in [-0.39, 0.29) is 0 Å². The minimum atomic E-state index is 1.12. The summed E-state index contributed by atoms with van der Waals surface area (Å²) in [6.45, 7) is 0. The number of hydrogen-bond donors (Lipinski definition) is 0. The Hall–Kier alpha value is 0.130. The van der Waals surface area contributed by atoms with Gasteiger partial charge in [-0.1, -0.05) is 30.3 Å². The fourth-order valence-corrected chi connectivity index (χ4v) is 2.85. The first-order valence-electron chi connectivity index (χ1n) is 4.38. The van der Waals surface area contributed by atoms with Crippen molar-refractivity contribution in [3.05, 3.63) is 55.0 Å². The van der Waals surface area contributed by atoms with Crippen molar-refractivity contribution < 1.29 is 0 Å². The van der Waals surface area contributed by atoms with E-state index in [9.17, 15) is 0 Å². The molecule has 15 heavy (non-hydrogen) atoms. The SMILES string of the molecule is Brc1cc(-c2ccccc2)cc(Br)c1I. The van der Waals surface area contributed by atoms with Gasteiger partial charge in [-0.2, -0.15) is 0 Å². The second-order valence-corrected chi connectivity index (χ2v) is 5.91. The third-order valence-corrected chi connectivity index (χ3v) is 5.99. The Labute approximate surface area is 119 Å². The zero-order valence-corrected chi connectivity index (χ0v) is 13.0. The molecule has 0 aliphatic carbocycles. The van der Waals surface area contributed by atoms with E-state index >= 15 is 0 Å². The van der Waals surface area contributed by atoms with Gasteiger partial charge in [-0.15, -0.1) is 0 Å². The zero-order valence-electron chi connectivity index (χ0n) is 7.68. The lowest BCUT2D eigenvalue weighted by Crippen LogP contribution is -1.82. The Morgan fingerprint density at radius 3 is 1.87 bits per heavy atom. The Morgan fingerprint density at radius 1 is 0.800 bits per heavy atom. The zero-order chi connectivity index (χ0) is 10.8. The van der Waals surface area contributed by atoms with E-state index in [1.807, 2.05) is 6.07 Å². The van der Waals surface area contributed by atoms with Crippen molar-refractivity contribution in [3.8, 4) is 11.1 Å². The van der Waals surface area contributed by atoms with Gasteiger partial charge in [0.05, 0.1) is 0 Å². The first-order chi connectivity index (χ1) is 7.18. The van der Waals surface area contributed by atoms with Gasteiger partial charge in [-0.25, -0.2) is 0 Å². The van der Waals surface area contributed by atoms with Crippen LogP contribution in [-0.4, -0.2) is 0 Å². The van der Waals surface area contributed by atoms with E-state index in [1.165, 1.54) is 14.7 Å². The van der Waals surface area contributed by atoms with Gasteiger partial charge in [-0.05, 0) is 77.7 Å². The Kier molecular flexibility index (Phi) is 3.85. The van der Waals surface area contributed by atoms with Crippen LogP contribution in [0.25, 0.3) is 11.1 Å². The minimum Gasteiger partial charge on any atom is -0.0622 e. The lowest BCUT2D eigenvalue weighted by molar-refractivity contribution is 1.51. The normalized spacial score (nSPS) is 10.3. The maximum atomic E-state index is 3.56. The van der Waals surface area contributed by atoms with Crippen molar-refractivity contribution in [2.75, 3.05) is 0 Å². The molecule has 0 fully saturated rings. The molecule has 0 saturated carbocycles. The summed E-state index contributed by atoms with van der Waals surface area (Å²) in [6.07, 6.45) is 0. The van der Waals surface area contributed by atoms with Gasteiger partial charge >= 0.3 is 0 Å². The predicted octanol–water partition coefficient (Wildman–Crippen LogP) is 5.48. The molecule has 0 nitrogen and oxygen atoms in total. The van der Waals surface area contributed by atoms with Crippen molar-refractivity contribution in [1.82, 2.24) is 0 Å². The predicted molar refractivity (Wildman–Crippen MR) is 80.0 cm³/mol. The average Bonchev–Trinajstić information content (AvgIpc) is 2.26. The van der Waals surface area contributed by atoms with Crippen LogP contribution in [0.2, 0.25) is 0 Å². The standard InChI is InChI=1S/C12H7Br2I/c13-10-6-9(7-11(14)12(10)15)8-4-2-1-3-5-8/h1-7H. The summed E-state index contributed by atoms with van der Waals surface area (Å²) < 4.78 is 3.44. The van der Waals surface area contributed by atoms with Crippen LogP contribution >= 0.6 is 54.5 Å². The van der Waals surface area contributed by atoms with Crippen LogP contribution in [0, 0.1) is 3.57 Å². The van der Waals surface area contributed by atoms with Gasteiger partial charge in [0.15, 0.2) is 0 Å². The molecular formula is C12H7Br2I. The highest BCUT2D eigenvalue weighted by molar-refractivity contribution is 14.1. The van der Waals surface area contributed by atoms with Crippen LogP contribution in [0.5, 0.6) is 0 Å². The van der Waals surface area contributed by atoms with Gasteiger partial charge in [0.2, 0.25) is 0 Å². The number of halogens is 3. The van der Waals surface area contributed by atoms with E-state index in [1.54, 1.807) is 0 Å². The molecule has 0 N–H and O–H groups in total. The molecule has 2 rings (SSSR count). The molecular weight excluding hydrogens is 431 g/mol. The summed E-state index contributed by atoms with van der Waals surface area (Å²) in [6, 6.07) is 14.6. The Morgan fingerprint density at radius 2 is 1.33 bits per heavy atom. The molecule has 0 bridgehead atoms. The quantitative estimate of drug-likeness (QED) is 0.409. The second-order valence-electron chi connectivity index (χ2n) is 3.12. The molecule has 0 atom stereocenters. The lowest BCUT2D eigenvalue weighted by atomic mass is 10.1. The lowest BCUT2D eigenvalue weighted by Gasteiger charge is -2.06. The van der Waals surface area contributed by atoms with E-state index in [2.05, 4.69) is 90.8 Å². The molecule has 0 saturated heterocycles. The minimum absolute atomic E-state index is 1.12. The largest absolute Gasteiger partial charge is 0.0622 e. The highest BCUT2D eigenvalue weighted by atomic mass is 127. The van der Waals surface area contributed by atoms with Crippen molar-refractivity contribution in [2.24, 2.45) is 0 Å². The first-order valence-corrected chi connectivity index (χ1v) is 7.05. The molecule has 2 aromatic carbocycles. The van der Waals surface area contributed by atoms with E-state index in [0.717, 1.165) is 8.95 Å². The third kappa shape index (κ3) is 2.63. The molecule has 76 valence electrons. The molecule has 2 aromatic rings. The number of benzene rings is 2. The number of rotatable bonds is 1. The van der Waals surface area contributed by atoms with E-state index < -0.39 is 0 Å². The van der Waals surface area contributed by atoms with Crippen LogP contribution in [0.4, 0.5) is 0 Å². The highest BCUT2D eigenvalue weighted by Crippen LogP contribution is 2.32. The van der Waals surface area contributed by atoms with Crippen LogP contribution in [0.3, 0.4) is 0 Å². The summed E-state index contributed by atoms with van der Waals surface area (Å²) >= 11 is 9.42. The van der Waals surface area contributed by atoms with Crippen LogP contribution in [0.15, 0.2) is 51.4 Å². The topological polar surface area (TPSA) is 0 Å². The fourth-order valence-electron chi connectivity index (χ4n) is 1.35. The molecule has 0 radical (unpaired) electrons.